The van der Waals surface area contributed by atoms with Gasteiger partial charge in [-0.25, -0.2) is 0 Å². The van der Waals surface area contributed by atoms with Gasteiger partial charge in [-0.2, -0.15) is 13.2 Å². The highest BCUT2D eigenvalue weighted by Gasteiger charge is 2.34. The lowest BCUT2D eigenvalue weighted by Crippen LogP contribution is -2.39. The predicted octanol–water partition coefficient (Wildman–Crippen LogP) is 1.10. The molecule has 8 heteroatoms. The predicted molar refractivity (Wildman–Crippen MR) is 72.1 cm³/mol. The number of aromatic nitrogens is 1. The molecule has 1 amide bonds. The van der Waals surface area contributed by atoms with E-state index >= 15 is 0 Å². The fourth-order valence-electron chi connectivity index (χ4n) is 2.16. The lowest BCUT2D eigenvalue weighted by Gasteiger charge is -2.21. The molecular formula is C14H17F3N2O3. The van der Waals surface area contributed by atoms with E-state index in [1.165, 1.54) is 11.9 Å². The first-order chi connectivity index (χ1) is 10.2. The molecule has 122 valence electrons. The minimum absolute atomic E-state index is 0.108. The first kappa shape index (κ1) is 16.5. The van der Waals surface area contributed by atoms with Gasteiger partial charge in [-0.1, -0.05) is 0 Å². The summed E-state index contributed by atoms with van der Waals surface area (Å²) < 4.78 is 38.7. The largest absolute Gasteiger partial charge is 0.421 e. The molecule has 22 heavy (non-hydrogen) atoms. The number of rotatable bonds is 5. The molecule has 5 nitrogen and oxygen atoms in total. The SMILES string of the molecule is CN(CC(O)C1CC1)C(=O)Cn1cccc(C(F)(F)F)c1=O. The smallest absolute Gasteiger partial charge is 0.391 e. The number of hydrogen-bond acceptors (Lipinski definition) is 3. The van der Waals surface area contributed by atoms with Crippen LogP contribution < -0.4 is 5.56 Å². The molecule has 1 saturated carbocycles. The topological polar surface area (TPSA) is 62.5 Å². The minimum Gasteiger partial charge on any atom is -0.391 e. The van der Waals surface area contributed by atoms with Gasteiger partial charge in [-0.3, -0.25) is 9.59 Å². The highest BCUT2D eigenvalue weighted by molar-refractivity contribution is 5.75. The van der Waals surface area contributed by atoms with Crippen molar-refractivity contribution in [2.45, 2.75) is 31.7 Å². The quantitative estimate of drug-likeness (QED) is 0.884. The Morgan fingerprint density at radius 1 is 1.50 bits per heavy atom. The van der Waals surface area contributed by atoms with Crippen LogP contribution in [0.25, 0.3) is 0 Å². The molecule has 0 aromatic carbocycles. The standard InChI is InChI=1S/C14H17F3N2O3/c1-18(7-11(20)9-4-5-9)12(21)8-19-6-2-3-10(13(19)22)14(15,16)17/h2-3,6,9,11,20H,4-5,7-8H2,1H3. The van der Waals surface area contributed by atoms with E-state index in [1.54, 1.807) is 0 Å². The first-order valence-corrected chi connectivity index (χ1v) is 6.89. The van der Waals surface area contributed by atoms with Crippen LogP contribution in [-0.4, -0.2) is 40.2 Å². The van der Waals surface area contributed by atoms with Crippen LogP contribution in [0, 0.1) is 5.92 Å². The Morgan fingerprint density at radius 2 is 2.14 bits per heavy atom. The third-order valence-electron chi connectivity index (χ3n) is 3.68. The number of carbonyl (C=O) groups is 1. The summed E-state index contributed by atoms with van der Waals surface area (Å²) in [4.78, 5) is 24.9. The number of aliphatic hydroxyl groups is 1. The van der Waals surface area contributed by atoms with E-state index in [4.69, 9.17) is 0 Å². The van der Waals surface area contributed by atoms with Gasteiger partial charge in [-0.05, 0) is 30.9 Å². The fraction of sp³-hybridized carbons (Fsp3) is 0.571. The molecule has 1 aliphatic carbocycles. The number of carbonyl (C=O) groups excluding carboxylic acids is 1. The maximum Gasteiger partial charge on any atom is 0.421 e. The number of nitrogens with zero attached hydrogens (tertiary/aromatic N) is 2. The van der Waals surface area contributed by atoms with Crippen molar-refractivity contribution in [2.24, 2.45) is 5.92 Å². The summed E-state index contributed by atoms with van der Waals surface area (Å²) in [5, 5.41) is 9.77. The molecule has 0 aliphatic heterocycles. The number of alkyl halides is 3. The lowest BCUT2D eigenvalue weighted by atomic mass is 10.2. The normalized spacial score (nSPS) is 16.4. The van der Waals surface area contributed by atoms with E-state index in [2.05, 4.69) is 0 Å². The number of amides is 1. The van der Waals surface area contributed by atoms with Crippen molar-refractivity contribution in [3.63, 3.8) is 0 Å². The molecule has 1 fully saturated rings. The Balaban J connectivity index is 2.06. The van der Waals surface area contributed by atoms with Crippen LogP contribution in [0.3, 0.4) is 0 Å². The third-order valence-corrected chi connectivity index (χ3v) is 3.68. The number of likely N-dealkylation sites (N-methyl/N-ethyl adjacent to an activating group) is 1. The molecule has 1 unspecified atom stereocenters. The summed E-state index contributed by atoms with van der Waals surface area (Å²) in [6.45, 7) is -0.381. The van der Waals surface area contributed by atoms with Crippen molar-refractivity contribution in [1.82, 2.24) is 9.47 Å². The summed E-state index contributed by atoms with van der Waals surface area (Å²) in [5.41, 5.74) is -2.55. The monoisotopic (exact) mass is 318 g/mol. The Labute approximate surface area is 125 Å². The summed E-state index contributed by atoms with van der Waals surface area (Å²) in [7, 11) is 1.45. The molecule has 1 aromatic heterocycles. The van der Waals surface area contributed by atoms with E-state index < -0.39 is 35.9 Å². The summed E-state index contributed by atoms with van der Waals surface area (Å²) >= 11 is 0. The maximum absolute atomic E-state index is 12.7. The summed E-state index contributed by atoms with van der Waals surface area (Å²) in [6, 6.07) is 1.76. The van der Waals surface area contributed by atoms with Crippen LogP contribution in [-0.2, 0) is 17.5 Å². The molecule has 1 aliphatic rings. The Morgan fingerprint density at radius 3 is 2.68 bits per heavy atom. The van der Waals surface area contributed by atoms with Crippen LogP contribution >= 0.6 is 0 Å². The molecule has 0 saturated heterocycles. The van der Waals surface area contributed by atoms with Crippen molar-refractivity contribution < 1.29 is 23.1 Å². The zero-order chi connectivity index (χ0) is 16.5. The molecule has 1 heterocycles. The van der Waals surface area contributed by atoms with Crippen LogP contribution in [0.5, 0.6) is 0 Å². The second-order valence-electron chi connectivity index (χ2n) is 5.53. The van der Waals surface area contributed by atoms with Crippen molar-refractivity contribution in [3.8, 4) is 0 Å². The molecule has 0 radical (unpaired) electrons. The van der Waals surface area contributed by atoms with Crippen LogP contribution in [0.15, 0.2) is 23.1 Å². The summed E-state index contributed by atoms with van der Waals surface area (Å²) in [6.07, 6.45) is -2.42. The van der Waals surface area contributed by atoms with Crippen molar-refractivity contribution >= 4 is 5.91 Å². The molecule has 0 bridgehead atoms. The molecule has 2 rings (SSSR count). The van der Waals surface area contributed by atoms with Crippen LogP contribution in [0.1, 0.15) is 18.4 Å². The van der Waals surface area contributed by atoms with Gasteiger partial charge in [0.05, 0.1) is 6.10 Å². The van der Waals surface area contributed by atoms with Gasteiger partial charge in [0.25, 0.3) is 5.56 Å². The van der Waals surface area contributed by atoms with E-state index in [0.29, 0.717) is 6.07 Å². The third kappa shape index (κ3) is 3.88. The minimum atomic E-state index is -4.75. The second-order valence-corrected chi connectivity index (χ2v) is 5.53. The van der Waals surface area contributed by atoms with E-state index in [9.17, 15) is 27.9 Å². The Kier molecular flexibility index (Phi) is 4.60. The van der Waals surface area contributed by atoms with Crippen molar-refractivity contribution in [3.05, 3.63) is 34.2 Å². The summed E-state index contributed by atoms with van der Waals surface area (Å²) in [5.74, 6) is -0.340. The van der Waals surface area contributed by atoms with Crippen LogP contribution in [0.2, 0.25) is 0 Å². The van der Waals surface area contributed by atoms with E-state index in [0.717, 1.165) is 29.7 Å². The number of hydrogen-bond donors (Lipinski definition) is 1. The van der Waals surface area contributed by atoms with Gasteiger partial charge >= 0.3 is 6.18 Å². The molecule has 1 aromatic rings. The second kappa shape index (κ2) is 6.12. The zero-order valence-electron chi connectivity index (χ0n) is 12.0. The van der Waals surface area contributed by atoms with Gasteiger partial charge in [-0.15, -0.1) is 0 Å². The number of halogens is 3. The average Bonchev–Trinajstić information content (AvgIpc) is 3.23. The number of aliphatic hydroxyl groups excluding tert-OH is 1. The van der Waals surface area contributed by atoms with Gasteiger partial charge in [0.2, 0.25) is 5.91 Å². The van der Waals surface area contributed by atoms with Gasteiger partial charge in [0.15, 0.2) is 0 Å². The van der Waals surface area contributed by atoms with Crippen molar-refractivity contribution in [1.29, 1.82) is 0 Å². The van der Waals surface area contributed by atoms with E-state index in [-0.39, 0.29) is 12.5 Å². The molecule has 1 atom stereocenters. The average molecular weight is 318 g/mol. The molecule has 1 N–H and O–H groups in total. The highest BCUT2D eigenvalue weighted by Crippen LogP contribution is 2.32. The number of pyridine rings is 1. The van der Waals surface area contributed by atoms with Gasteiger partial charge in [0, 0.05) is 19.8 Å². The highest BCUT2D eigenvalue weighted by atomic mass is 19.4. The maximum atomic E-state index is 12.7. The fourth-order valence-corrected chi connectivity index (χ4v) is 2.16. The molecule has 0 spiro atoms. The van der Waals surface area contributed by atoms with Crippen LogP contribution in [0.4, 0.5) is 13.2 Å². The van der Waals surface area contributed by atoms with Gasteiger partial charge in [0.1, 0.15) is 12.1 Å². The first-order valence-electron chi connectivity index (χ1n) is 6.89. The van der Waals surface area contributed by atoms with E-state index in [1.807, 2.05) is 0 Å². The molecular weight excluding hydrogens is 301 g/mol. The Bertz CT molecular complexity index is 608. The van der Waals surface area contributed by atoms with Crippen molar-refractivity contribution in [2.75, 3.05) is 13.6 Å². The lowest BCUT2D eigenvalue weighted by molar-refractivity contribution is -0.139. The zero-order valence-corrected chi connectivity index (χ0v) is 12.0. The Hall–Kier alpha value is -1.83. The van der Waals surface area contributed by atoms with Gasteiger partial charge < -0.3 is 14.6 Å².